The molecule has 1 heterocycles. The van der Waals surface area contributed by atoms with Crippen LogP contribution in [0.15, 0.2) is 11.6 Å². The second-order valence-corrected chi connectivity index (χ2v) is 6.62. The Morgan fingerprint density at radius 2 is 1.94 bits per heavy atom. The Balaban J connectivity index is 2.11. The van der Waals surface area contributed by atoms with Crippen molar-refractivity contribution in [2.24, 2.45) is 22.7 Å². The number of hydrogen-bond donors (Lipinski definition) is 0. The molecular weight excluding hydrogens is 212 g/mol. The lowest BCUT2D eigenvalue weighted by atomic mass is 9.52. The van der Waals surface area contributed by atoms with Gasteiger partial charge in [-0.1, -0.05) is 33.3 Å². The van der Waals surface area contributed by atoms with Crippen LogP contribution >= 0.6 is 0 Å². The molecule has 6 atom stereocenters. The van der Waals surface area contributed by atoms with Gasteiger partial charge in [-0.05, 0) is 30.8 Å². The first kappa shape index (κ1) is 11.5. The van der Waals surface area contributed by atoms with E-state index in [4.69, 9.17) is 4.74 Å². The molecule has 1 saturated heterocycles. The smallest absolute Gasteiger partial charge is 0.142 e. The van der Waals surface area contributed by atoms with E-state index in [2.05, 4.69) is 27.7 Å². The minimum Gasteiger partial charge on any atom is -0.373 e. The van der Waals surface area contributed by atoms with Gasteiger partial charge >= 0.3 is 0 Å². The molecular formula is C15H22O2. The number of carbonyl (C=O) groups is 1. The Labute approximate surface area is 103 Å². The Morgan fingerprint density at radius 3 is 2.59 bits per heavy atom. The molecule has 94 valence electrons. The molecule has 3 aliphatic rings. The summed E-state index contributed by atoms with van der Waals surface area (Å²) in [5.41, 5.74) is 1.79. The average Bonchev–Trinajstić information content (AvgIpc) is 2.56. The molecule has 3 rings (SSSR count). The number of allylic oxidation sites excluding steroid dienone is 1. The van der Waals surface area contributed by atoms with Gasteiger partial charge in [0.1, 0.15) is 6.29 Å². The van der Waals surface area contributed by atoms with Crippen LogP contribution in [0.3, 0.4) is 0 Å². The molecule has 0 aromatic rings. The molecule has 2 heteroatoms. The van der Waals surface area contributed by atoms with Gasteiger partial charge in [-0.2, -0.15) is 0 Å². The fourth-order valence-electron chi connectivity index (χ4n) is 4.97. The van der Waals surface area contributed by atoms with Crippen molar-refractivity contribution in [2.75, 3.05) is 0 Å². The zero-order valence-corrected chi connectivity index (χ0v) is 11.2. The predicted molar refractivity (Wildman–Crippen MR) is 66.6 cm³/mol. The highest BCUT2D eigenvalue weighted by Crippen LogP contribution is 2.72. The Kier molecular flexibility index (Phi) is 2.17. The van der Waals surface area contributed by atoms with E-state index in [0.717, 1.165) is 18.6 Å². The standard InChI is InChI=1S/C15H22O2/c1-9-7-12-15(4)10(2)11(5-6-16)8-13(17-12)14(9,15)3/h5-6,9-10,12-13H,7-8H2,1-4H3/b11-5+/t9-,10-,12-,13-,14-,15-/m1/s1. The number of rotatable bonds is 1. The summed E-state index contributed by atoms with van der Waals surface area (Å²) in [6.45, 7) is 9.44. The summed E-state index contributed by atoms with van der Waals surface area (Å²) in [4.78, 5) is 10.8. The molecule has 0 amide bonds. The third kappa shape index (κ3) is 1.04. The molecule has 0 unspecified atom stereocenters. The molecule has 4 bridgehead atoms. The van der Waals surface area contributed by atoms with Crippen molar-refractivity contribution in [3.05, 3.63) is 11.6 Å². The minimum absolute atomic E-state index is 0.212. The van der Waals surface area contributed by atoms with Crippen LogP contribution in [0.5, 0.6) is 0 Å². The molecule has 2 saturated carbocycles. The zero-order valence-electron chi connectivity index (χ0n) is 11.2. The van der Waals surface area contributed by atoms with E-state index in [0.29, 0.717) is 18.1 Å². The summed E-state index contributed by atoms with van der Waals surface area (Å²) < 4.78 is 6.25. The van der Waals surface area contributed by atoms with Gasteiger partial charge < -0.3 is 4.74 Å². The third-order valence-corrected chi connectivity index (χ3v) is 6.58. The van der Waals surface area contributed by atoms with Gasteiger partial charge in [0.25, 0.3) is 0 Å². The molecule has 2 aliphatic carbocycles. The third-order valence-electron chi connectivity index (χ3n) is 6.58. The lowest BCUT2D eigenvalue weighted by Crippen LogP contribution is -2.50. The van der Waals surface area contributed by atoms with Crippen LogP contribution in [-0.4, -0.2) is 18.5 Å². The molecule has 2 nitrogen and oxygen atoms in total. The van der Waals surface area contributed by atoms with Crippen LogP contribution in [0.2, 0.25) is 0 Å². The fraction of sp³-hybridized carbons (Fsp3) is 0.800. The van der Waals surface area contributed by atoms with Crippen LogP contribution in [-0.2, 0) is 9.53 Å². The number of carbonyl (C=O) groups excluding carboxylic acids is 1. The van der Waals surface area contributed by atoms with E-state index < -0.39 is 0 Å². The van der Waals surface area contributed by atoms with Crippen molar-refractivity contribution in [3.8, 4) is 0 Å². The molecule has 0 spiro atoms. The van der Waals surface area contributed by atoms with E-state index >= 15 is 0 Å². The van der Waals surface area contributed by atoms with Crippen LogP contribution in [0, 0.1) is 22.7 Å². The van der Waals surface area contributed by atoms with Gasteiger partial charge in [-0.25, -0.2) is 0 Å². The van der Waals surface area contributed by atoms with Gasteiger partial charge in [0.05, 0.1) is 12.2 Å². The summed E-state index contributed by atoms with van der Waals surface area (Å²) in [5.74, 6) is 1.20. The summed E-state index contributed by atoms with van der Waals surface area (Å²) in [6, 6.07) is 0. The molecule has 0 N–H and O–H groups in total. The average molecular weight is 234 g/mol. The molecule has 3 fully saturated rings. The van der Waals surface area contributed by atoms with E-state index in [1.54, 1.807) is 6.08 Å². The fourth-order valence-corrected chi connectivity index (χ4v) is 4.97. The van der Waals surface area contributed by atoms with Crippen LogP contribution < -0.4 is 0 Å². The van der Waals surface area contributed by atoms with Gasteiger partial charge in [-0.15, -0.1) is 0 Å². The second-order valence-electron chi connectivity index (χ2n) is 6.62. The Morgan fingerprint density at radius 1 is 1.24 bits per heavy atom. The normalized spacial score (nSPS) is 58.7. The van der Waals surface area contributed by atoms with Crippen molar-refractivity contribution >= 4 is 6.29 Å². The monoisotopic (exact) mass is 234 g/mol. The number of ether oxygens (including phenoxy) is 1. The van der Waals surface area contributed by atoms with Gasteiger partial charge in [0, 0.05) is 10.8 Å². The van der Waals surface area contributed by atoms with Crippen LogP contribution in [0.4, 0.5) is 0 Å². The second kappa shape index (κ2) is 3.23. The minimum atomic E-state index is 0.212. The predicted octanol–water partition coefficient (Wildman–Crippen LogP) is 2.97. The maximum Gasteiger partial charge on any atom is 0.142 e. The molecule has 17 heavy (non-hydrogen) atoms. The topological polar surface area (TPSA) is 26.3 Å². The lowest BCUT2D eigenvalue weighted by molar-refractivity contribution is -0.104. The van der Waals surface area contributed by atoms with E-state index in [1.807, 2.05) is 0 Å². The van der Waals surface area contributed by atoms with E-state index in [-0.39, 0.29) is 10.8 Å². The first-order chi connectivity index (χ1) is 7.96. The number of aldehydes is 1. The SMILES string of the molecule is C[C@@H]1C[C@H]2O[C@@H]3C/C(=C\C=O)[C@@H](C)[C@@]2(C)[C@]13C. The van der Waals surface area contributed by atoms with Crippen molar-refractivity contribution in [1.29, 1.82) is 0 Å². The van der Waals surface area contributed by atoms with Crippen molar-refractivity contribution in [2.45, 2.75) is 52.7 Å². The summed E-state index contributed by atoms with van der Waals surface area (Å²) in [7, 11) is 0. The summed E-state index contributed by atoms with van der Waals surface area (Å²) in [5, 5.41) is 0. The van der Waals surface area contributed by atoms with Crippen molar-refractivity contribution in [3.63, 3.8) is 0 Å². The maximum atomic E-state index is 10.8. The van der Waals surface area contributed by atoms with Crippen LogP contribution in [0.1, 0.15) is 40.5 Å². The molecule has 1 aliphatic heterocycles. The van der Waals surface area contributed by atoms with E-state index in [1.165, 1.54) is 12.0 Å². The quantitative estimate of drug-likeness (QED) is 0.515. The van der Waals surface area contributed by atoms with Gasteiger partial charge in [-0.3, -0.25) is 4.79 Å². The maximum absolute atomic E-state index is 10.8. The Bertz CT molecular complexity index is 400. The molecule has 0 radical (unpaired) electrons. The first-order valence-corrected chi connectivity index (χ1v) is 6.76. The van der Waals surface area contributed by atoms with E-state index in [9.17, 15) is 4.79 Å². The highest BCUT2D eigenvalue weighted by molar-refractivity contribution is 5.66. The zero-order chi connectivity index (χ0) is 12.4. The van der Waals surface area contributed by atoms with Crippen LogP contribution in [0.25, 0.3) is 0 Å². The number of hydrogen-bond acceptors (Lipinski definition) is 2. The first-order valence-electron chi connectivity index (χ1n) is 6.76. The Hall–Kier alpha value is -0.630. The van der Waals surface area contributed by atoms with Crippen molar-refractivity contribution < 1.29 is 9.53 Å². The van der Waals surface area contributed by atoms with Crippen molar-refractivity contribution in [1.82, 2.24) is 0 Å². The lowest BCUT2D eigenvalue weighted by Gasteiger charge is -2.50. The summed E-state index contributed by atoms with van der Waals surface area (Å²) in [6.07, 6.45) is 5.56. The van der Waals surface area contributed by atoms with Gasteiger partial charge in [0.2, 0.25) is 0 Å². The van der Waals surface area contributed by atoms with Gasteiger partial charge in [0.15, 0.2) is 0 Å². The molecule has 0 aromatic carbocycles. The molecule has 0 aromatic heterocycles. The summed E-state index contributed by atoms with van der Waals surface area (Å²) >= 11 is 0. The highest BCUT2D eigenvalue weighted by atomic mass is 16.5. The highest BCUT2D eigenvalue weighted by Gasteiger charge is 2.72. The largest absolute Gasteiger partial charge is 0.373 e.